The third-order valence-corrected chi connectivity index (χ3v) is 3.61. The van der Waals surface area contributed by atoms with Crippen LogP contribution in [0.25, 0.3) is 0 Å². The third-order valence-electron chi connectivity index (χ3n) is 2.97. The lowest BCUT2D eigenvalue weighted by Gasteiger charge is -2.31. The van der Waals surface area contributed by atoms with Crippen molar-refractivity contribution in [1.82, 2.24) is 15.1 Å². The molecule has 0 aliphatic rings. The molecule has 0 aromatic rings. The van der Waals surface area contributed by atoms with E-state index in [9.17, 15) is 9.59 Å². The fourth-order valence-electron chi connectivity index (χ4n) is 2.01. The van der Waals surface area contributed by atoms with E-state index < -0.39 is 12.0 Å². The van der Waals surface area contributed by atoms with E-state index in [1.54, 1.807) is 16.7 Å². The van der Waals surface area contributed by atoms with Gasteiger partial charge in [-0.2, -0.15) is 11.8 Å². The summed E-state index contributed by atoms with van der Waals surface area (Å²) in [6.07, 6.45) is 2.35. The first-order chi connectivity index (χ1) is 9.33. The molecule has 0 saturated heterocycles. The van der Waals surface area contributed by atoms with E-state index in [0.717, 1.165) is 6.54 Å². The molecule has 0 aromatic carbocycles. The summed E-state index contributed by atoms with van der Waals surface area (Å²) in [5, 5.41) is 11.7. The Morgan fingerprint density at radius 1 is 1.35 bits per heavy atom. The van der Waals surface area contributed by atoms with Crippen molar-refractivity contribution in [3.63, 3.8) is 0 Å². The molecule has 118 valence electrons. The Balaban J connectivity index is 4.61. The number of carbonyl (C=O) groups is 2. The lowest BCUT2D eigenvalue weighted by atomic mass is 10.2. The Bertz CT molecular complexity index is 313. The summed E-state index contributed by atoms with van der Waals surface area (Å²) in [4.78, 5) is 27.0. The summed E-state index contributed by atoms with van der Waals surface area (Å²) in [5.74, 6) is -0.278. The zero-order valence-corrected chi connectivity index (χ0v) is 13.9. The van der Waals surface area contributed by atoms with Crippen LogP contribution in [-0.4, -0.2) is 78.2 Å². The molecule has 0 fully saturated rings. The monoisotopic (exact) mass is 305 g/mol. The standard InChI is InChI=1S/C13H27N3O3S/c1-6-16(10(2)9-15(3)4)13(19)14-11(12(17)18)7-8-20-5/h10-11H,6-9H2,1-5H3,(H,14,19)(H,17,18)/t10?,11-/m0/s1. The SMILES string of the molecule is CCN(C(=O)N[C@@H](CCSC)C(=O)O)C(C)CN(C)C. The fraction of sp³-hybridized carbons (Fsp3) is 0.846. The Kier molecular flexibility index (Phi) is 9.41. The van der Waals surface area contributed by atoms with Gasteiger partial charge in [0.25, 0.3) is 0 Å². The predicted octanol–water partition coefficient (Wildman–Crippen LogP) is 1.17. The van der Waals surface area contributed by atoms with Gasteiger partial charge >= 0.3 is 12.0 Å². The number of rotatable bonds is 9. The van der Waals surface area contributed by atoms with Crippen LogP contribution >= 0.6 is 11.8 Å². The molecule has 0 spiro atoms. The fourth-order valence-corrected chi connectivity index (χ4v) is 2.48. The number of hydrogen-bond donors (Lipinski definition) is 2. The molecule has 0 heterocycles. The van der Waals surface area contributed by atoms with Gasteiger partial charge in [-0.15, -0.1) is 0 Å². The molecule has 0 aromatic heterocycles. The van der Waals surface area contributed by atoms with E-state index in [2.05, 4.69) is 5.32 Å². The lowest BCUT2D eigenvalue weighted by molar-refractivity contribution is -0.139. The molecule has 0 aliphatic carbocycles. The van der Waals surface area contributed by atoms with Crippen LogP contribution in [0, 0.1) is 0 Å². The van der Waals surface area contributed by atoms with Crippen molar-refractivity contribution in [2.45, 2.75) is 32.4 Å². The number of hydrogen-bond acceptors (Lipinski definition) is 4. The van der Waals surface area contributed by atoms with E-state index in [1.165, 1.54) is 0 Å². The molecule has 0 bridgehead atoms. The summed E-state index contributed by atoms with van der Waals surface area (Å²) < 4.78 is 0. The Morgan fingerprint density at radius 3 is 2.35 bits per heavy atom. The topological polar surface area (TPSA) is 72.9 Å². The number of amides is 2. The highest BCUT2D eigenvalue weighted by atomic mass is 32.2. The molecule has 0 saturated carbocycles. The second kappa shape index (κ2) is 9.88. The minimum absolute atomic E-state index is 0.0324. The minimum Gasteiger partial charge on any atom is -0.480 e. The summed E-state index contributed by atoms with van der Waals surface area (Å²) in [7, 11) is 3.89. The zero-order valence-electron chi connectivity index (χ0n) is 13.0. The smallest absolute Gasteiger partial charge is 0.326 e. The van der Waals surface area contributed by atoms with Crippen molar-refractivity contribution in [3.8, 4) is 0 Å². The quantitative estimate of drug-likeness (QED) is 0.669. The van der Waals surface area contributed by atoms with Crippen LogP contribution < -0.4 is 5.32 Å². The number of thioether (sulfide) groups is 1. The maximum Gasteiger partial charge on any atom is 0.326 e. The van der Waals surface area contributed by atoms with Gasteiger partial charge in [-0.1, -0.05) is 0 Å². The molecule has 0 radical (unpaired) electrons. The van der Waals surface area contributed by atoms with Crippen LogP contribution in [0.5, 0.6) is 0 Å². The van der Waals surface area contributed by atoms with Crippen LogP contribution in [-0.2, 0) is 4.79 Å². The van der Waals surface area contributed by atoms with Crippen molar-refractivity contribution in [2.24, 2.45) is 0 Å². The van der Waals surface area contributed by atoms with E-state index in [1.807, 2.05) is 39.1 Å². The minimum atomic E-state index is -0.983. The van der Waals surface area contributed by atoms with Crippen molar-refractivity contribution in [2.75, 3.05) is 39.2 Å². The molecule has 0 rings (SSSR count). The zero-order chi connectivity index (χ0) is 15.7. The largest absolute Gasteiger partial charge is 0.480 e. The van der Waals surface area contributed by atoms with E-state index in [-0.39, 0.29) is 12.1 Å². The first-order valence-electron chi connectivity index (χ1n) is 6.77. The van der Waals surface area contributed by atoms with Crippen LogP contribution in [0.2, 0.25) is 0 Å². The number of nitrogens with zero attached hydrogens (tertiary/aromatic N) is 2. The molecule has 2 amide bonds. The van der Waals surface area contributed by atoms with Gasteiger partial charge in [0.05, 0.1) is 0 Å². The lowest BCUT2D eigenvalue weighted by Crippen LogP contribution is -2.52. The average molecular weight is 305 g/mol. The summed E-state index contributed by atoms with van der Waals surface area (Å²) in [5.41, 5.74) is 0. The number of carboxylic acids is 1. The summed E-state index contributed by atoms with van der Waals surface area (Å²) in [6, 6.07) is -1.10. The highest BCUT2D eigenvalue weighted by Crippen LogP contribution is 2.05. The maximum atomic E-state index is 12.2. The van der Waals surface area contributed by atoms with Crippen LogP contribution in [0.4, 0.5) is 4.79 Å². The van der Waals surface area contributed by atoms with Gasteiger partial charge in [-0.05, 0) is 46.4 Å². The van der Waals surface area contributed by atoms with Crippen LogP contribution in [0.1, 0.15) is 20.3 Å². The predicted molar refractivity (Wildman–Crippen MR) is 83.4 cm³/mol. The van der Waals surface area contributed by atoms with Crippen molar-refractivity contribution < 1.29 is 14.7 Å². The van der Waals surface area contributed by atoms with E-state index in [0.29, 0.717) is 18.7 Å². The Morgan fingerprint density at radius 2 is 1.95 bits per heavy atom. The normalized spacial score (nSPS) is 13.9. The van der Waals surface area contributed by atoms with E-state index in [4.69, 9.17) is 5.11 Å². The van der Waals surface area contributed by atoms with Crippen molar-refractivity contribution in [3.05, 3.63) is 0 Å². The van der Waals surface area contributed by atoms with Gasteiger partial charge < -0.3 is 20.2 Å². The number of carboxylic acid groups (broad SMARTS) is 1. The second-order valence-electron chi connectivity index (χ2n) is 5.02. The molecule has 6 nitrogen and oxygen atoms in total. The highest BCUT2D eigenvalue weighted by molar-refractivity contribution is 7.98. The molecule has 2 atom stereocenters. The summed E-state index contributed by atoms with van der Waals surface area (Å²) >= 11 is 1.57. The third kappa shape index (κ3) is 7.00. The molecule has 0 aliphatic heterocycles. The van der Waals surface area contributed by atoms with Crippen LogP contribution in [0.15, 0.2) is 0 Å². The van der Waals surface area contributed by atoms with Gasteiger partial charge in [0.2, 0.25) is 0 Å². The molecular formula is C13H27N3O3S. The molecule has 1 unspecified atom stereocenters. The Labute approximate surface area is 125 Å². The molecule has 2 N–H and O–H groups in total. The number of aliphatic carboxylic acids is 1. The average Bonchev–Trinajstić information content (AvgIpc) is 2.33. The van der Waals surface area contributed by atoms with Gasteiger partial charge in [0, 0.05) is 19.1 Å². The number of likely N-dealkylation sites (N-methyl/N-ethyl adjacent to an activating group) is 2. The van der Waals surface area contributed by atoms with Crippen LogP contribution in [0.3, 0.4) is 0 Å². The van der Waals surface area contributed by atoms with Crippen molar-refractivity contribution in [1.29, 1.82) is 0 Å². The molecular weight excluding hydrogens is 278 g/mol. The van der Waals surface area contributed by atoms with Gasteiger partial charge in [-0.3, -0.25) is 0 Å². The molecule has 7 heteroatoms. The molecule has 20 heavy (non-hydrogen) atoms. The number of nitrogens with one attached hydrogen (secondary N) is 1. The van der Waals surface area contributed by atoms with E-state index >= 15 is 0 Å². The highest BCUT2D eigenvalue weighted by Gasteiger charge is 2.24. The summed E-state index contributed by atoms with van der Waals surface area (Å²) in [6.45, 7) is 5.14. The van der Waals surface area contributed by atoms with Crippen molar-refractivity contribution >= 4 is 23.8 Å². The first kappa shape index (κ1) is 19.1. The Hall–Kier alpha value is -0.950. The number of urea groups is 1. The number of carbonyl (C=O) groups excluding carboxylic acids is 1. The maximum absolute atomic E-state index is 12.2. The first-order valence-corrected chi connectivity index (χ1v) is 8.16. The van der Waals surface area contributed by atoms with Gasteiger partial charge in [0.15, 0.2) is 0 Å². The second-order valence-corrected chi connectivity index (χ2v) is 6.00. The van der Waals surface area contributed by atoms with Gasteiger partial charge in [-0.25, -0.2) is 9.59 Å². The van der Waals surface area contributed by atoms with Gasteiger partial charge in [0.1, 0.15) is 6.04 Å².